The second kappa shape index (κ2) is 6.36. The van der Waals surface area contributed by atoms with Gasteiger partial charge in [0.15, 0.2) is 5.82 Å². The van der Waals surface area contributed by atoms with Crippen molar-refractivity contribution in [3.63, 3.8) is 0 Å². The summed E-state index contributed by atoms with van der Waals surface area (Å²) in [5.41, 5.74) is 0.899. The Morgan fingerprint density at radius 3 is 2.90 bits per heavy atom. The minimum atomic E-state index is 0.616. The van der Waals surface area contributed by atoms with E-state index in [0.29, 0.717) is 10.0 Å². The zero-order valence-corrected chi connectivity index (χ0v) is 14.1. The van der Waals surface area contributed by atoms with Gasteiger partial charge in [-0.05, 0) is 30.0 Å². The van der Waals surface area contributed by atoms with E-state index in [0.717, 1.165) is 27.1 Å². The van der Waals surface area contributed by atoms with E-state index in [1.807, 2.05) is 30.5 Å². The standard InChI is InChI=1S/C13H10Cl2N4S2/c1-20-7-11-16-17-13-19(11)18-12(21-13)5-3-8-2-4-9(14)6-10(8)15/h2-6H,7H2,1H3. The Bertz CT molecular complexity index is 810. The van der Waals surface area contributed by atoms with E-state index < -0.39 is 0 Å². The summed E-state index contributed by atoms with van der Waals surface area (Å²) in [4.78, 5) is 0.793. The number of fused-ring (bicyclic) bond motifs is 1. The molecule has 0 saturated heterocycles. The summed E-state index contributed by atoms with van der Waals surface area (Å²) in [5, 5.41) is 14.8. The Morgan fingerprint density at radius 1 is 1.29 bits per heavy atom. The van der Waals surface area contributed by atoms with E-state index in [1.54, 1.807) is 22.3 Å². The average Bonchev–Trinajstić information content (AvgIpc) is 3.00. The van der Waals surface area contributed by atoms with Gasteiger partial charge in [0.05, 0.1) is 5.75 Å². The molecule has 0 atom stereocenters. The normalized spacial score (nSPS) is 11.8. The van der Waals surface area contributed by atoms with Crippen LogP contribution in [0.15, 0.2) is 18.2 Å². The molecule has 2 heterocycles. The van der Waals surface area contributed by atoms with Crippen molar-refractivity contribution in [3.05, 3.63) is 44.6 Å². The van der Waals surface area contributed by atoms with Crippen LogP contribution in [0.2, 0.25) is 10.0 Å². The van der Waals surface area contributed by atoms with Gasteiger partial charge < -0.3 is 0 Å². The van der Waals surface area contributed by atoms with Crippen molar-refractivity contribution in [2.75, 3.05) is 6.26 Å². The molecule has 0 aliphatic heterocycles. The second-order valence-corrected chi connectivity index (χ2v) is 6.88. The summed E-state index contributed by atoms with van der Waals surface area (Å²) >= 11 is 15.2. The third-order valence-electron chi connectivity index (χ3n) is 2.71. The minimum Gasteiger partial charge on any atom is -0.186 e. The van der Waals surface area contributed by atoms with Crippen LogP contribution in [-0.4, -0.2) is 26.1 Å². The van der Waals surface area contributed by atoms with Gasteiger partial charge in [-0.2, -0.15) is 21.4 Å². The van der Waals surface area contributed by atoms with Gasteiger partial charge in [0.1, 0.15) is 5.01 Å². The maximum Gasteiger partial charge on any atom is 0.234 e. The van der Waals surface area contributed by atoms with Crippen LogP contribution in [0.1, 0.15) is 16.4 Å². The molecular formula is C13H10Cl2N4S2. The van der Waals surface area contributed by atoms with Gasteiger partial charge in [0.2, 0.25) is 4.96 Å². The fourth-order valence-corrected chi connectivity index (χ4v) is 3.43. The molecule has 0 aliphatic carbocycles. The Hall–Kier alpha value is -1.08. The number of hydrogen-bond donors (Lipinski definition) is 0. The topological polar surface area (TPSA) is 43.1 Å². The number of thioether (sulfide) groups is 1. The van der Waals surface area contributed by atoms with E-state index in [4.69, 9.17) is 23.2 Å². The summed E-state index contributed by atoms with van der Waals surface area (Å²) in [6, 6.07) is 5.40. The quantitative estimate of drug-likeness (QED) is 0.688. The van der Waals surface area contributed by atoms with E-state index in [9.17, 15) is 0 Å². The van der Waals surface area contributed by atoms with E-state index in [1.165, 1.54) is 11.3 Å². The van der Waals surface area contributed by atoms with Crippen LogP contribution in [0.4, 0.5) is 0 Å². The number of rotatable bonds is 4. The lowest BCUT2D eigenvalue weighted by Crippen LogP contribution is -1.93. The van der Waals surface area contributed by atoms with Crippen molar-refractivity contribution in [1.29, 1.82) is 0 Å². The largest absolute Gasteiger partial charge is 0.234 e. The first-order valence-corrected chi connectivity index (χ1v) is 8.97. The van der Waals surface area contributed by atoms with Crippen LogP contribution < -0.4 is 0 Å². The van der Waals surface area contributed by atoms with Crippen LogP contribution in [0, 0.1) is 0 Å². The van der Waals surface area contributed by atoms with Gasteiger partial charge in [0.25, 0.3) is 0 Å². The van der Waals surface area contributed by atoms with Gasteiger partial charge in [-0.1, -0.05) is 46.7 Å². The monoisotopic (exact) mass is 356 g/mol. The van der Waals surface area contributed by atoms with E-state index >= 15 is 0 Å². The molecule has 0 radical (unpaired) electrons. The zero-order valence-electron chi connectivity index (χ0n) is 11.0. The molecule has 2 aromatic heterocycles. The minimum absolute atomic E-state index is 0.616. The molecule has 0 fully saturated rings. The predicted octanol–water partition coefficient (Wildman–Crippen LogP) is 4.53. The molecule has 108 valence electrons. The van der Waals surface area contributed by atoms with Crippen molar-refractivity contribution in [3.8, 4) is 0 Å². The molecule has 21 heavy (non-hydrogen) atoms. The fourth-order valence-electron chi connectivity index (χ4n) is 1.76. The van der Waals surface area contributed by atoms with Gasteiger partial charge in [-0.15, -0.1) is 10.2 Å². The Balaban J connectivity index is 1.88. The van der Waals surface area contributed by atoms with Crippen molar-refractivity contribution in [1.82, 2.24) is 19.8 Å². The zero-order chi connectivity index (χ0) is 14.8. The van der Waals surface area contributed by atoms with Gasteiger partial charge in [-0.3, -0.25) is 0 Å². The maximum absolute atomic E-state index is 6.14. The lowest BCUT2D eigenvalue weighted by atomic mass is 10.2. The van der Waals surface area contributed by atoms with Gasteiger partial charge in [-0.25, -0.2) is 0 Å². The highest BCUT2D eigenvalue weighted by atomic mass is 35.5. The van der Waals surface area contributed by atoms with E-state index in [-0.39, 0.29) is 0 Å². The van der Waals surface area contributed by atoms with Crippen molar-refractivity contribution in [2.24, 2.45) is 0 Å². The van der Waals surface area contributed by atoms with E-state index in [2.05, 4.69) is 15.3 Å². The Kier molecular flexibility index (Phi) is 4.49. The summed E-state index contributed by atoms with van der Waals surface area (Å²) in [6.45, 7) is 0. The number of halogens is 2. The van der Waals surface area contributed by atoms with Gasteiger partial charge >= 0.3 is 0 Å². The average molecular weight is 357 g/mol. The highest BCUT2D eigenvalue weighted by Gasteiger charge is 2.09. The predicted molar refractivity (Wildman–Crippen MR) is 91.3 cm³/mol. The smallest absolute Gasteiger partial charge is 0.186 e. The van der Waals surface area contributed by atoms with Crippen LogP contribution in [0.5, 0.6) is 0 Å². The molecule has 1 aromatic carbocycles. The lowest BCUT2D eigenvalue weighted by molar-refractivity contribution is 0.881. The number of hydrogen-bond acceptors (Lipinski definition) is 5. The second-order valence-electron chi connectivity index (χ2n) is 4.18. The number of benzene rings is 1. The summed E-state index contributed by atoms with van der Waals surface area (Å²) in [5.74, 6) is 1.65. The third-order valence-corrected chi connectivity index (χ3v) is 4.69. The number of aromatic nitrogens is 4. The third kappa shape index (κ3) is 3.23. The molecule has 0 bridgehead atoms. The lowest BCUT2D eigenvalue weighted by Gasteiger charge is -1.97. The van der Waals surface area contributed by atoms with Crippen LogP contribution in [0.25, 0.3) is 17.1 Å². The van der Waals surface area contributed by atoms with Gasteiger partial charge in [0, 0.05) is 10.0 Å². The van der Waals surface area contributed by atoms with Crippen LogP contribution in [-0.2, 0) is 5.75 Å². The highest BCUT2D eigenvalue weighted by molar-refractivity contribution is 7.97. The van der Waals surface area contributed by atoms with Crippen molar-refractivity contribution in [2.45, 2.75) is 5.75 Å². The first kappa shape index (κ1) is 14.8. The molecule has 0 amide bonds. The molecule has 4 nitrogen and oxygen atoms in total. The molecule has 3 rings (SSSR count). The molecule has 3 aromatic rings. The Morgan fingerprint density at radius 2 is 2.14 bits per heavy atom. The molecule has 0 saturated carbocycles. The molecule has 0 aliphatic rings. The summed E-state index contributed by atoms with van der Waals surface area (Å²) in [6.07, 6.45) is 5.85. The van der Waals surface area contributed by atoms with Crippen LogP contribution >= 0.6 is 46.3 Å². The molecule has 0 spiro atoms. The maximum atomic E-state index is 6.14. The molecule has 0 N–H and O–H groups in total. The first-order valence-electron chi connectivity index (χ1n) is 6.00. The van der Waals surface area contributed by atoms with Crippen LogP contribution in [0.3, 0.4) is 0 Å². The highest BCUT2D eigenvalue weighted by Crippen LogP contribution is 2.24. The number of nitrogens with zero attached hydrogens (tertiary/aromatic N) is 4. The SMILES string of the molecule is CSCc1nnc2sc(C=Cc3ccc(Cl)cc3Cl)nn12. The molecule has 0 unspecified atom stereocenters. The Labute approximate surface area is 139 Å². The molecular weight excluding hydrogens is 347 g/mol. The summed E-state index contributed by atoms with van der Waals surface area (Å²) < 4.78 is 1.78. The molecule has 8 heteroatoms. The fraction of sp³-hybridized carbons (Fsp3) is 0.154. The first-order chi connectivity index (χ1) is 10.2. The summed E-state index contributed by atoms with van der Waals surface area (Å²) in [7, 11) is 0. The van der Waals surface area contributed by atoms with Crippen molar-refractivity contribution < 1.29 is 0 Å². The van der Waals surface area contributed by atoms with Crippen molar-refractivity contribution >= 4 is 63.4 Å².